The molecule has 1 saturated carbocycles. The Balaban J connectivity index is 1.93. The average Bonchev–Trinajstić information content (AvgIpc) is 3.00. The molecule has 0 spiro atoms. The zero-order valence-corrected chi connectivity index (χ0v) is 12.8. The first kappa shape index (κ1) is 14.5. The molecule has 1 aromatic carbocycles. The molecule has 1 aliphatic carbocycles. The molecule has 21 heavy (non-hydrogen) atoms. The molecule has 4 nitrogen and oxygen atoms in total. The number of rotatable bonds is 2. The molecule has 3 rings (SSSR count). The van der Waals surface area contributed by atoms with Gasteiger partial charge in [-0.1, -0.05) is 12.5 Å². The number of benzene rings is 1. The second-order valence-electron chi connectivity index (χ2n) is 5.70. The van der Waals surface area contributed by atoms with Crippen LogP contribution in [0.15, 0.2) is 22.7 Å². The van der Waals surface area contributed by atoms with Gasteiger partial charge in [-0.3, -0.25) is 4.79 Å². The van der Waals surface area contributed by atoms with Crippen LogP contribution in [0.25, 0.3) is 0 Å². The highest BCUT2D eigenvalue weighted by molar-refractivity contribution is 9.10. The summed E-state index contributed by atoms with van der Waals surface area (Å²) in [5, 5.41) is 9.47. The molecule has 0 bridgehead atoms. The number of halogens is 2. The first-order chi connectivity index (χ1) is 10.0. The van der Waals surface area contributed by atoms with E-state index < -0.39 is 23.7 Å². The van der Waals surface area contributed by atoms with Gasteiger partial charge in [-0.25, -0.2) is 9.18 Å². The summed E-state index contributed by atoms with van der Waals surface area (Å²) in [6, 6.07) is 3.44. The monoisotopic (exact) mass is 355 g/mol. The van der Waals surface area contributed by atoms with Gasteiger partial charge >= 0.3 is 5.97 Å². The predicted octanol–water partition coefficient (Wildman–Crippen LogP) is 2.91. The standard InChI is InChI=1S/C15H15BrFNO3/c16-12-10(5-2-6-11(12)17)14(19)18-7-8-3-1-4-9(8)13(18)15(20)21/h2,5-6,8-9,13H,1,3-4,7H2,(H,20,21). The molecular formula is C15H15BrFNO3. The van der Waals surface area contributed by atoms with Gasteiger partial charge in [0.1, 0.15) is 11.9 Å². The number of carbonyl (C=O) groups excluding carboxylic acids is 1. The molecule has 0 radical (unpaired) electrons. The minimum absolute atomic E-state index is 0.0267. The molecule has 1 saturated heterocycles. The van der Waals surface area contributed by atoms with Gasteiger partial charge in [0.25, 0.3) is 5.91 Å². The molecule has 1 N–H and O–H groups in total. The fraction of sp³-hybridized carbons (Fsp3) is 0.467. The van der Waals surface area contributed by atoms with E-state index in [9.17, 15) is 19.1 Å². The van der Waals surface area contributed by atoms with Gasteiger partial charge in [-0.05, 0) is 52.7 Å². The molecule has 3 atom stereocenters. The Bertz CT molecular complexity index is 607. The molecule has 1 heterocycles. The third-order valence-electron chi connectivity index (χ3n) is 4.59. The van der Waals surface area contributed by atoms with Gasteiger partial charge < -0.3 is 10.0 Å². The Hall–Kier alpha value is -1.43. The van der Waals surface area contributed by atoms with E-state index in [-0.39, 0.29) is 21.9 Å². The van der Waals surface area contributed by atoms with Crippen molar-refractivity contribution in [2.75, 3.05) is 6.54 Å². The Labute approximate surface area is 130 Å². The van der Waals surface area contributed by atoms with E-state index in [1.165, 1.54) is 23.1 Å². The highest BCUT2D eigenvalue weighted by Gasteiger charge is 2.49. The largest absolute Gasteiger partial charge is 0.480 e. The zero-order valence-electron chi connectivity index (χ0n) is 11.3. The van der Waals surface area contributed by atoms with Crippen molar-refractivity contribution in [1.82, 2.24) is 4.90 Å². The molecule has 0 aromatic heterocycles. The number of likely N-dealkylation sites (tertiary alicyclic amines) is 1. The number of hydrogen-bond acceptors (Lipinski definition) is 2. The number of nitrogens with zero attached hydrogens (tertiary/aromatic N) is 1. The van der Waals surface area contributed by atoms with Crippen LogP contribution in [0.3, 0.4) is 0 Å². The summed E-state index contributed by atoms with van der Waals surface area (Å²) in [5.41, 5.74) is 0.182. The summed E-state index contributed by atoms with van der Waals surface area (Å²) in [4.78, 5) is 25.6. The highest BCUT2D eigenvalue weighted by atomic mass is 79.9. The van der Waals surface area contributed by atoms with E-state index in [1.807, 2.05) is 0 Å². The molecule has 1 aromatic rings. The maximum Gasteiger partial charge on any atom is 0.326 e. The van der Waals surface area contributed by atoms with Gasteiger partial charge in [-0.15, -0.1) is 0 Å². The van der Waals surface area contributed by atoms with Crippen LogP contribution in [0, 0.1) is 17.7 Å². The van der Waals surface area contributed by atoms with Crippen molar-refractivity contribution in [2.45, 2.75) is 25.3 Å². The van der Waals surface area contributed by atoms with Gasteiger partial charge in [0.15, 0.2) is 0 Å². The molecule has 2 fully saturated rings. The molecule has 112 valence electrons. The van der Waals surface area contributed by atoms with Crippen LogP contribution in [0.1, 0.15) is 29.6 Å². The Morgan fingerprint density at radius 3 is 2.81 bits per heavy atom. The van der Waals surface area contributed by atoms with Crippen molar-refractivity contribution in [3.05, 3.63) is 34.1 Å². The lowest BCUT2D eigenvalue weighted by Crippen LogP contribution is -2.43. The van der Waals surface area contributed by atoms with Crippen molar-refractivity contribution in [1.29, 1.82) is 0 Å². The molecular weight excluding hydrogens is 341 g/mol. The summed E-state index contributed by atoms with van der Waals surface area (Å²) in [6.45, 7) is 0.448. The first-order valence-electron chi connectivity index (χ1n) is 6.98. The Morgan fingerprint density at radius 1 is 1.33 bits per heavy atom. The lowest BCUT2D eigenvalue weighted by molar-refractivity contribution is -0.142. The van der Waals surface area contributed by atoms with Crippen LogP contribution in [-0.4, -0.2) is 34.5 Å². The van der Waals surface area contributed by atoms with E-state index >= 15 is 0 Å². The first-order valence-corrected chi connectivity index (χ1v) is 7.77. The third kappa shape index (κ3) is 2.35. The number of carboxylic acids is 1. The van der Waals surface area contributed by atoms with Crippen LogP contribution in [-0.2, 0) is 4.79 Å². The van der Waals surface area contributed by atoms with Crippen LogP contribution < -0.4 is 0 Å². The average molecular weight is 356 g/mol. The van der Waals surface area contributed by atoms with Crippen molar-refractivity contribution in [3.8, 4) is 0 Å². The minimum Gasteiger partial charge on any atom is -0.480 e. The number of fused-ring (bicyclic) bond motifs is 1. The normalized spacial score (nSPS) is 27.7. The van der Waals surface area contributed by atoms with E-state index in [2.05, 4.69) is 15.9 Å². The maximum atomic E-state index is 13.6. The second-order valence-corrected chi connectivity index (χ2v) is 6.49. The van der Waals surface area contributed by atoms with E-state index in [0.717, 1.165) is 19.3 Å². The molecule has 1 aliphatic heterocycles. The van der Waals surface area contributed by atoms with E-state index in [4.69, 9.17) is 0 Å². The topological polar surface area (TPSA) is 57.6 Å². The van der Waals surface area contributed by atoms with Crippen LogP contribution in [0.4, 0.5) is 4.39 Å². The maximum absolute atomic E-state index is 13.6. The molecule has 1 amide bonds. The van der Waals surface area contributed by atoms with Crippen molar-refractivity contribution >= 4 is 27.8 Å². The number of aliphatic carboxylic acids is 1. The summed E-state index contributed by atoms with van der Waals surface area (Å²) in [5.74, 6) is -1.62. The Kier molecular flexibility index (Phi) is 3.73. The number of amides is 1. The number of hydrogen-bond donors (Lipinski definition) is 1. The summed E-state index contributed by atoms with van der Waals surface area (Å²) in [7, 11) is 0. The van der Waals surface area contributed by atoms with Crippen LogP contribution in [0.5, 0.6) is 0 Å². The van der Waals surface area contributed by atoms with Gasteiger partial charge in [-0.2, -0.15) is 0 Å². The van der Waals surface area contributed by atoms with Gasteiger partial charge in [0.2, 0.25) is 0 Å². The van der Waals surface area contributed by atoms with Crippen molar-refractivity contribution in [2.24, 2.45) is 11.8 Å². The SMILES string of the molecule is O=C(O)C1C2CCCC2CN1C(=O)c1cccc(F)c1Br. The van der Waals surface area contributed by atoms with E-state index in [0.29, 0.717) is 6.54 Å². The van der Waals surface area contributed by atoms with Gasteiger partial charge in [0, 0.05) is 6.54 Å². The summed E-state index contributed by atoms with van der Waals surface area (Å²) < 4.78 is 13.7. The molecule has 6 heteroatoms. The second kappa shape index (κ2) is 5.40. The lowest BCUT2D eigenvalue weighted by atomic mass is 9.94. The van der Waals surface area contributed by atoms with Crippen LogP contribution in [0.2, 0.25) is 0 Å². The van der Waals surface area contributed by atoms with Crippen LogP contribution >= 0.6 is 15.9 Å². The smallest absolute Gasteiger partial charge is 0.326 e. The minimum atomic E-state index is -0.967. The van der Waals surface area contributed by atoms with Gasteiger partial charge in [0.05, 0.1) is 10.0 Å². The summed E-state index contributed by atoms with van der Waals surface area (Å²) >= 11 is 3.08. The number of carbonyl (C=O) groups is 2. The third-order valence-corrected chi connectivity index (χ3v) is 5.39. The Morgan fingerprint density at radius 2 is 2.10 bits per heavy atom. The fourth-order valence-corrected chi connectivity index (χ4v) is 4.09. The number of carboxylic acid groups (broad SMARTS) is 1. The molecule has 3 unspecified atom stereocenters. The molecule has 2 aliphatic rings. The quantitative estimate of drug-likeness (QED) is 0.887. The fourth-order valence-electron chi connectivity index (χ4n) is 3.65. The highest BCUT2D eigenvalue weighted by Crippen LogP contribution is 2.43. The summed E-state index contributed by atoms with van der Waals surface area (Å²) in [6.07, 6.45) is 2.82. The van der Waals surface area contributed by atoms with Crippen molar-refractivity contribution < 1.29 is 19.1 Å². The van der Waals surface area contributed by atoms with E-state index in [1.54, 1.807) is 0 Å². The zero-order chi connectivity index (χ0) is 15.1. The lowest BCUT2D eigenvalue weighted by Gasteiger charge is -2.25. The predicted molar refractivity (Wildman–Crippen MR) is 77.4 cm³/mol. The van der Waals surface area contributed by atoms with Crippen molar-refractivity contribution in [3.63, 3.8) is 0 Å².